The van der Waals surface area contributed by atoms with Crippen molar-refractivity contribution in [2.24, 2.45) is 0 Å². The first-order valence-corrected chi connectivity index (χ1v) is 27.8. The van der Waals surface area contributed by atoms with E-state index in [1.165, 1.54) is 21.3 Å². The van der Waals surface area contributed by atoms with Crippen molar-refractivity contribution in [3.05, 3.63) is 101 Å². The predicted molar refractivity (Wildman–Crippen MR) is 296 cm³/mol. The highest BCUT2D eigenvalue weighted by molar-refractivity contribution is 6.24. The zero-order valence-corrected chi connectivity index (χ0v) is 46.9. The van der Waals surface area contributed by atoms with E-state index in [1.807, 2.05) is 31.2 Å². The molecule has 3 heterocycles. The second kappa shape index (κ2) is 29.4. The van der Waals surface area contributed by atoms with Gasteiger partial charge in [0.25, 0.3) is 17.7 Å². The van der Waals surface area contributed by atoms with E-state index >= 15 is 0 Å². The number of fused-ring (bicyclic) bond motifs is 1. The van der Waals surface area contributed by atoms with Crippen LogP contribution in [0, 0.1) is 0 Å². The van der Waals surface area contributed by atoms with Gasteiger partial charge in [-0.3, -0.25) is 39.0 Å². The monoisotopic (exact) mass is 1100 g/mol. The fourth-order valence-electron chi connectivity index (χ4n) is 10.6. The molecule has 4 aromatic carbocycles. The number of aryl methyl sites for hydroxylation is 1. The molecule has 0 aromatic heterocycles. The summed E-state index contributed by atoms with van der Waals surface area (Å²) in [7, 11) is 7.73. The summed E-state index contributed by atoms with van der Waals surface area (Å²) in [6.45, 7) is 3.01. The van der Waals surface area contributed by atoms with Crippen molar-refractivity contribution in [1.29, 1.82) is 0 Å². The van der Waals surface area contributed by atoms with Gasteiger partial charge in [0.15, 0.2) is 29.6 Å². The number of imide groups is 2. The first-order valence-electron chi connectivity index (χ1n) is 27.8. The minimum Gasteiger partial charge on any atom is -0.493 e. The maximum atomic E-state index is 14.5. The molecule has 19 heteroatoms. The quantitative estimate of drug-likeness (QED) is 0.0283. The summed E-state index contributed by atoms with van der Waals surface area (Å²) in [5.74, 6) is -0.559. The number of esters is 1. The van der Waals surface area contributed by atoms with Gasteiger partial charge in [0, 0.05) is 19.5 Å². The third-order valence-electron chi connectivity index (χ3n) is 14.9. The van der Waals surface area contributed by atoms with E-state index in [1.54, 1.807) is 67.7 Å². The van der Waals surface area contributed by atoms with E-state index in [4.69, 9.17) is 37.9 Å². The van der Waals surface area contributed by atoms with E-state index in [9.17, 15) is 33.6 Å². The van der Waals surface area contributed by atoms with Crippen molar-refractivity contribution < 1.29 is 71.5 Å². The number of nitrogens with zero attached hydrogens (tertiary/aromatic N) is 2. The van der Waals surface area contributed by atoms with Gasteiger partial charge in [-0.25, -0.2) is 4.79 Å². The molecule has 80 heavy (non-hydrogen) atoms. The van der Waals surface area contributed by atoms with Gasteiger partial charge in [0.2, 0.25) is 23.5 Å². The standard InChI is InChI=1S/C61H76N4O15/c1-7-43(41-36-51(75-4)56(77-6)52(37-41)76-5)58(69)64-32-16-14-23-46(64)61(72)80-47(28-25-39-26-29-48(73-2)50(34-39)74-3)40-20-18-21-42(35-40)79-38-54(67)62-31-15-12-10-8-9-11-13-17-33-78-49-24-19-22-44-55(49)60(71)65(59(44)70)45-27-30-53(66)63-57(45)68/h18-22,24,26,29,34-37,43,45-47H,7-17,23,25,27-28,30-33,38H2,1-6H3,(H,62,67)(H,63,66,68)/t43-,45?,46-,47?/m0/s1. The van der Waals surface area contributed by atoms with Crippen LogP contribution >= 0.6 is 0 Å². The Morgan fingerprint density at radius 3 is 2.08 bits per heavy atom. The minimum atomic E-state index is -1.03. The Balaban J connectivity index is 0.862. The van der Waals surface area contributed by atoms with Crippen molar-refractivity contribution >= 4 is 41.4 Å². The Morgan fingerprint density at radius 2 is 1.39 bits per heavy atom. The van der Waals surface area contributed by atoms with Gasteiger partial charge in [-0.05, 0) is 123 Å². The number of nitrogens with one attached hydrogen (secondary N) is 2. The Bertz CT molecular complexity index is 2810. The summed E-state index contributed by atoms with van der Waals surface area (Å²) in [6.07, 6.45) is 10.3. The van der Waals surface area contributed by atoms with E-state index in [0.717, 1.165) is 74.7 Å². The molecular formula is C61H76N4O15. The zero-order chi connectivity index (χ0) is 57.1. The average Bonchev–Trinajstić information content (AvgIpc) is 3.80. The Kier molecular flexibility index (Phi) is 22.0. The summed E-state index contributed by atoms with van der Waals surface area (Å²) in [6, 6.07) is 19.4. The maximum absolute atomic E-state index is 14.5. The summed E-state index contributed by atoms with van der Waals surface area (Å²) < 4.78 is 46.2. The number of hydrogen-bond acceptors (Lipinski definition) is 15. The molecule has 0 aliphatic carbocycles. The van der Waals surface area contributed by atoms with E-state index < -0.39 is 53.7 Å². The van der Waals surface area contributed by atoms with E-state index in [-0.39, 0.29) is 42.4 Å². The first kappa shape index (κ1) is 59.8. The molecule has 430 valence electrons. The highest BCUT2D eigenvalue weighted by Crippen LogP contribution is 2.42. The largest absolute Gasteiger partial charge is 0.493 e. The lowest BCUT2D eigenvalue weighted by molar-refractivity contribution is -0.162. The van der Waals surface area contributed by atoms with Crippen LogP contribution in [0.3, 0.4) is 0 Å². The Labute approximate surface area is 468 Å². The molecule has 2 unspecified atom stereocenters. The summed E-state index contributed by atoms with van der Waals surface area (Å²) in [5, 5.41) is 5.17. The fourth-order valence-corrected chi connectivity index (χ4v) is 10.6. The number of piperidine rings is 2. The lowest BCUT2D eigenvalue weighted by Gasteiger charge is -2.37. The van der Waals surface area contributed by atoms with Crippen LogP contribution in [0.25, 0.3) is 0 Å². The van der Waals surface area contributed by atoms with Gasteiger partial charge in [-0.1, -0.05) is 69.7 Å². The average molecular weight is 1110 g/mol. The smallest absolute Gasteiger partial charge is 0.329 e. The van der Waals surface area contributed by atoms with Crippen LogP contribution in [0.2, 0.25) is 0 Å². The molecule has 6 amide bonds. The lowest BCUT2D eigenvalue weighted by atomic mass is 9.91. The predicted octanol–water partition coefficient (Wildman–Crippen LogP) is 8.62. The number of hydrogen-bond donors (Lipinski definition) is 2. The number of likely N-dealkylation sites (tertiary alicyclic amines) is 1. The maximum Gasteiger partial charge on any atom is 0.329 e. The normalized spacial score (nSPS) is 16.7. The van der Waals surface area contributed by atoms with Gasteiger partial charge >= 0.3 is 5.97 Å². The summed E-state index contributed by atoms with van der Waals surface area (Å²) in [5.41, 5.74) is 2.64. The van der Waals surface area contributed by atoms with Gasteiger partial charge in [0.05, 0.1) is 59.2 Å². The molecule has 2 fully saturated rings. The summed E-state index contributed by atoms with van der Waals surface area (Å²) in [4.78, 5) is 95.1. The van der Waals surface area contributed by atoms with Crippen molar-refractivity contribution in [3.8, 4) is 40.2 Å². The number of rotatable bonds is 30. The molecule has 4 atom stereocenters. The van der Waals surface area contributed by atoms with Crippen molar-refractivity contribution in [2.75, 3.05) is 61.9 Å². The SMILES string of the molecule is CC[C@H](C(=O)N1CCCC[C@H]1C(=O)OC(CCc1ccc(OC)c(OC)c1)c1cccc(OCC(=O)NCCCCCCCCCCOc2cccc3c2C(=O)N(C2CCC(=O)NC2=O)C3=O)c1)c1cc(OC)c(OC)c(OC)c1. The Hall–Kier alpha value is -7.83. The van der Waals surface area contributed by atoms with Crippen LogP contribution in [-0.4, -0.2) is 125 Å². The Morgan fingerprint density at radius 1 is 0.688 bits per heavy atom. The topological polar surface area (TPSA) is 224 Å². The fraction of sp³-hybridized carbons (Fsp3) is 0.492. The number of carbonyl (C=O) groups is 7. The molecule has 0 saturated carbocycles. The molecule has 2 N–H and O–H groups in total. The number of benzene rings is 4. The molecule has 0 radical (unpaired) electrons. The van der Waals surface area contributed by atoms with Crippen molar-refractivity contribution in [1.82, 2.24) is 20.4 Å². The number of amides is 6. The van der Waals surface area contributed by atoms with Crippen LogP contribution in [0.5, 0.6) is 40.2 Å². The van der Waals surface area contributed by atoms with Gasteiger partial charge in [-0.2, -0.15) is 0 Å². The third kappa shape index (κ3) is 14.9. The molecule has 19 nitrogen and oxygen atoms in total. The van der Waals surface area contributed by atoms with Crippen LogP contribution in [0.1, 0.15) is 153 Å². The molecular weight excluding hydrogens is 1030 g/mol. The molecule has 3 aliphatic heterocycles. The third-order valence-corrected chi connectivity index (χ3v) is 14.9. The zero-order valence-electron chi connectivity index (χ0n) is 46.9. The van der Waals surface area contributed by atoms with Crippen LogP contribution < -0.4 is 43.8 Å². The van der Waals surface area contributed by atoms with Crippen LogP contribution in [0.15, 0.2) is 72.8 Å². The summed E-state index contributed by atoms with van der Waals surface area (Å²) >= 11 is 0. The second-order valence-electron chi connectivity index (χ2n) is 20.1. The molecule has 0 bridgehead atoms. The first-order chi connectivity index (χ1) is 38.8. The van der Waals surface area contributed by atoms with Gasteiger partial charge < -0.3 is 48.1 Å². The van der Waals surface area contributed by atoms with Gasteiger partial charge in [-0.15, -0.1) is 0 Å². The highest BCUT2D eigenvalue weighted by Gasteiger charge is 2.46. The number of methoxy groups -OCH3 is 5. The van der Waals surface area contributed by atoms with E-state index in [2.05, 4.69) is 10.6 Å². The molecule has 7 rings (SSSR count). The molecule has 3 aliphatic rings. The number of ether oxygens (including phenoxy) is 8. The van der Waals surface area contributed by atoms with Crippen molar-refractivity contribution in [3.63, 3.8) is 0 Å². The second-order valence-corrected chi connectivity index (χ2v) is 20.1. The molecule has 0 spiro atoms. The van der Waals surface area contributed by atoms with Crippen LogP contribution in [-0.2, 0) is 35.1 Å². The number of carbonyl (C=O) groups excluding carboxylic acids is 7. The molecule has 4 aromatic rings. The van der Waals surface area contributed by atoms with Crippen LogP contribution in [0.4, 0.5) is 0 Å². The van der Waals surface area contributed by atoms with Crippen molar-refractivity contribution in [2.45, 2.75) is 134 Å². The van der Waals surface area contributed by atoms with E-state index in [0.29, 0.717) is 96.8 Å². The lowest BCUT2D eigenvalue weighted by Crippen LogP contribution is -2.54. The highest BCUT2D eigenvalue weighted by atomic mass is 16.5. The minimum absolute atomic E-state index is 0.0514. The molecule has 2 saturated heterocycles. The number of unbranched alkanes of at least 4 members (excludes halogenated alkanes) is 7. The van der Waals surface area contributed by atoms with Gasteiger partial charge in [0.1, 0.15) is 29.7 Å².